The lowest BCUT2D eigenvalue weighted by Crippen LogP contribution is -2.53. The first-order valence-electron chi connectivity index (χ1n) is 2.79. The molecule has 1 saturated heterocycles. The maximum Gasteiger partial charge on any atom is 0.404 e. The average Bonchev–Trinajstić information content (AvgIpc) is 1.57. The van der Waals surface area contributed by atoms with Crippen LogP contribution < -0.4 is 0 Å². The van der Waals surface area contributed by atoms with Crippen LogP contribution in [-0.2, 0) is 0 Å². The summed E-state index contributed by atoms with van der Waals surface area (Å²) in [5.41, 5.74) is 0. The molecule has 1 atom stereocenters. The summed E-state index contributed by atoms with van der Waals surface area (Å²) in [4.78, 5) is 1.31. The number of likely N-dealkylation sites (tertiary alicyclic amines) is 1. The van der Waals surface area contributed by atoms with Crippen LogP contribution in [0.1, 0.15) is 6.42 Å². The second-order valence-electron chi connectivity index (χ2n) is 2.33. The quantitative estimate of drug-likeness (QED) is 0.488. The molecule has 1 fully saturated rings. The van der Waals surface area contributed by atoms with Gasteiger partial charge in [0.05, 0.1) is 0 Å². The summed E-state index contributed by atoms with van der Waals surface area (Å²) in [5, 5.41) is 0. The van der Waals surface area contributed by atoms with Crippen LogP contribution in [0.5, 0.6) is 0 Å². The van der Waals surface area contributed by atoms with Gasteiger partial charge in [0, 0.05) is 6.54 Å². The summed E-state index contributed by atoms with van der Waals surface area (Å²) < 4.78 is 35.1. The van der Waals surface area contributed by atoms with Gasteiger partial charge in [0.1, 0.15) is 6.04 Å². The monoisotopic (exact) mass is 139 g/mol. The minimum Gasteiger partial charge on any atom is -0.295 e. The lowest BCUT2D eigenvalue weighted by Gasteiger charge is -2.38. The van der Waals surface area contributed by atoms with Crippen LogP contribution in [-0.4, -0.2) is 30.7 Å². The SMILES string of the molecule is CN1CC[C@@H]1C(F)(F)F. The number of hydrogen-bond donors (Lipinski definition) is 0. The molecule has 0 unspecified atom stereocenters. The topological polar surface area (TPSA) is 3.24 Å². The zero-order valence-corrected chi connectivity index (χ0v) is 5.07. The Labute approximate surface area is 51.4 Å². The second kappa shape index (κ2) is 1.87. The van der Waals surface area contributed by atoms with Crippen molar-refractivity contribution in [2.45, 2.75) is 18.6 Å². The van der Waals surface area contributed by atoms with E-state index in [0.29, 0.717) is 6.54 Å². The van der Waals surface area contributed by atoms with E-state index in [1.54, 1.807) is 0 Å². The first kappa shape index (κ1) is 6.86. The zero-order chi connectivity index (χ0) is 7.07. The molecule has 1 aliphatic rings. The van der Waals surface area contributed by atoms with Crippen molar-refractivity contribution in [3.05, 3.63) is 0 Å². The van der Waals surface area contributed by atoms with Gasteiger partial charge in [0.15, 0.2) is 0 Å². The van der Waals surface area contributed by atoms with Crippen LogP contribution in [0.15, 0.2) is 0 Å². The third-order valence-electron chi connectivity index (χ3n) is 1.67. The van der Waals surface area contributed by atoms with Gasteiger partial charge in [-0.1, -0.05) is 0 Å². The highest BCUT2D eigenvalue weighted by Crippen LogP contribution is 2.31. The van der Waals surface area contributed by atoms with Gasteiger partial charge < -0.3 is 0 Å². The molecule has 0 aromatic heterocycles. The lowest BCUT2D eigenvalue weighted by molar-refractivity contribution is -0.205. The highest BCUT2D eigenvalue weighted by atomic mass is 19.4. The fourth-order valence-corrected chi connectivity index (χ4v) is 0.930. The lowest BCUT2D eigenvalue weighted by atomic mass is 10.0. The Morgan fingerprint density at radius 2 is 2.00 bits per heavy atom. The molecule has 0 spiro atoms. The van der Waals surface area contributed by atoms with E-state index in [0.717, 1.165) is 0 Å². The average molecular weight is 139 g/mol. The molecule has 0 aromatic rings. The largest absolute Gasteiger partial charge is 0.404 e. The maximum atomic E-state index is 11.7. The van der Waals surface area contributed by atoms with E-state index in [9.17, 15) is 13.2 Å². The third-order valence-corrected chi connectivity index (χ3v) is 1.67. The molecular weight excluding hydrogens is 131 g/mol. The highest BCUT2D eigenvalue weighted by molar-refractivity contribution is 4.85. The Morgan fingerprint density at radius 1 is 1.44 bits per heavy atom. The van der Waals surface area contributed by atoms with E-state index >= 15 is 0 Å². The summed E-state index contributed by atoms with van der Waals surface area (Å²) in [5.74, 6) is 0. The minimum atomic E-state index is -4.01. The number of alkyl halides is 3. The summed E-state index contributed by atoms with van der Waals surface area (Å²) >= 11 is 0. The van der Waals surface area contributed by atoms with Gasteiger partial charge >= 0.3 is 6.18 Å². The summed E-state index contributed by atoms with van der Waals surface area (Å²) in [7, 11) is 1.49. The molecule has 1 rings (SSSR count). The van der Waals surface area contributed by atoms with Crippen molar-refractivity contribution in [2.24, 2.45) is 0 Å². The number of nitrogens with zero attached hydrogens (tertiary/aromatic N) is 1. The van der Waals surface area contributed by atoms with E-state index in [2.05, 4.69) is 0 Å². The molecule has 0 saturated carbocycles. The first-order chi connectivity index (χ1) is 4.02. The predicted molar refractivity (Wildman–Crippen MR) is 27.1 cm³/mol. The van der Waals surface area contributed by atoms with Crippen LogP contribution in [0.4, 0.5) is 13.2 Å². The molecule has 0 bridgehead atoms. The standard InChI is InChI=1S/C5H8F3N/c1-9-3-2-4(9)5(6,7)8/h4H,2-3H2,1H3/t4-/m1/s1. The van der Waals surface area contributed by atoms with E-state index < -0.39 is 12.2 Å². The first-order valence-corrected chi connectivity index (χ1v) is 2.79. The Balaban J connectivity index is 2.44. The Morgan fingerprint density at radius 3 is 2.00 bits per heavy atom. The molecule has 0 radical (unpaired) electrons. The normalized spacial score (nSPS) is 30.0. The molecule has 1 aliphatic heterocycles. The minimum absolute atomic E-state index is 0.264. The van der Waals surface area contributed by atoms with E-state index in [1.807, 2.05) is 0 Å². The van der Waals surface area contributed by atoms with Crippen molar-refractivity contribution >= 4 is 0 Å². The van der Waals surface area contributed by atoms with Gasteiger partial charge in [-0.2, -0.15) is 13.2 Å². The second-order valence-corrected chi connectivity index (χ2v) is 2.33. The third kappa shape index (κ3) is 1.18. The Hall–Kier alpha value is -0.250. The van der Waals surface area contributed by atoms with Crippen molar-refractivity contribution in [3.63, 3.8) is 0 Å². The van der Waals surface area contributed by atoms with Crippen LogP contribution in [0, 0.1) is 0 Å². The van der Waals surface area contributed by atoms with Crippen molar-refractivity contribution in [2.75, 3.05) is 13.6 Å². The van der Waals surface area contributed by atoms with E-state index in [4.69, 9.17) is 0 Å². The molecule has 54 valence electrons. The van der Waals surface area contributed by atoms with Gasteiger partial charge in [-0.15, -0.1) is 0 Å². The van der Waals surface area contributed by atoms with Gasteiger partial charge in [-0.05, 0) is 13.5 Å². The molecule has 1 nitrogen and oxygen atoms in total. The maximum absolute atomic E-state index is 11.7. The van der Waals surface area contributed by atoms with E-state index in [1.165, 1.54) is 11.9 Å². The predicted octanol–water partition coefficient (Wildman–Crippen LogP) is 1.25. The number of rotatable bonds is 0. The van der Waals surface area contributed by atoms with Gasteiger partial charge in [0.25, 0.3) is 0 Å². The molecular formula is C5H8F3N. The van der Waals surface area contributed by atoms with E-state index in [-0.39, 0.29) is 6.42 Å². The molecule has 0 aliphatic carbocycles. The fourth-order valence-electron chi connectivity index (χ4n) is 0.930. The van der Waals surface area contributed by atoms with Crippen molar-refractivity contribution < 1.29 is 13.2 Å². The number of hydrogen-bond acceptors (Lipinski definition) is 1. The summed E-state index contributed by atoms with van der Waals surface area (Å²) in [6.45, 7) is 0.574. The van der Waals surface area contributed by atoms with Crippen molar-refractivity contribution in [1.82, 2.24) is 4.90 Å². The van der Waals surface area contributed by atoms with Crippen LogP contribution in [0.3, 0.4) is 0 Å². The number of halogens is 3. The van der Waals surface area contributed by atoms with Crippen LogP contribution in [0.2, 0.25) is 0 Å². The molecule has 1 heterocycles. The summed E-state index contributed by atoms with van der Waals surface area (Å²) in [6.07, 6.45) is -3.74. The molecule has 9 heavy (non-hydrogen) atoms. The summed E-state index contributed by atoms with van der Waals surface area (Å²) in [6, 6.07) is -1.17. The van der Waals surface area contributed by atoms with Gasteiger partial charge in [-0.25, -0.2) is 0 Å². The zero-order valence-electron chi connectivity index (χ0n) is 5.07. The van der Waals surface area contributed by atoms with Gasteiger partial charge in [0.2, 0.25) is 0 Å². The molecule has 4 heteroatoms. The molecule has 0 N–H and O–H groups in total. The Kier molecular flexibility index (Phi) is 1.42. The highest BCUT2D eigenvalue weighted by Gasteiger charge is 2.46. The van der Waals surface area contributed by atoms with Crippen LogP contribution in [0.25, 0.3) is 0 Å². The smallest absolute Gasteiger partial charge is 0.295 e. The molecule has 0 amide bonds. The van der Waals surface area contributed by atoms with Crippen molar-refractivity contribution in [3.8, 4) is 0 Å². The van der Waals surface area contributed by atoms with Gasteiger partial charge in [-0.3, -0.25) is 4.90 Å². The fraction of sp³-hybridized carbons (Fsp3) is 1.00. The molecule has 0 aromatic carbocycles. The Bertz CT molecular complexity index is 109. The van der Waals surface area contributed by atoms with Crippen LogP contribution >= 0.6 is 0 Å². The van der Waals surface area contributed by atoms with Crippen molar-refractivity contribution in [1.29, 1.82) is 0 Å².